The number of fused-ring (bicyclic) bond motifs is 1. The first-order valence-corrected chi connectivity index (χ1v) is 14.4. The molecule has 1 aliphatic carbocycles. The zero-order valence-corrected chi connectivity index (χ0v) is 22.9. The first kappa shape index (κ1) is 26.2. The number of nitrogens with zero attached hydrogens (tertiary/aromatic N) is 1. The van der Waals surface area contributed by atoms with Crippen LogP contribution in [-0.4, -0.2) is 43.2 Å². The summed E-state index contributed by atoms with van der Waals surface area (Å²) in [5.41, 5.74) is 6.06. The quantitative estimate of drug-likeness (QED) is 0.265. The van der Waals surface area contributed by atoms with Crippen LogP contribution in [0.1, 0.15) is 69.1 Å². The highest BCUT2D eigenvalue weighted by Crippen LogP contribution is 2.59. The summed E-state index contributed by atoms with van der Waals surface area (Å²) in [6, 6.07) is 19.3. The van der Waals surface area contributed by atoms with E-state index in [2.05, 4.69) is 67.3 Å². The van der Waals surface area contributed by atoms with Crippen LogP contribution in [0, 0.1) is 24.2 Å². The predicted octanol–water partition coefficient (Wildman–Crippen LogP) is 6.82. The van der Waals surface area contributed by atoms with Gasteiger partial charge in [0.05, 0.1) is 13.2 Å². The Kier molecular flexibility index (Phi) is 8.16. The van der Waals surface area contributed by atoms with Crippen molar-refractivity contribution in [3.63, 3.8) is 0 Å². The fourth-order valence-electron chi connectivity index (χ4n) is 7.72. The maximum atomic E-state index is 14.2. The Morgan fingerprint density at radius 1 is 1.08 bits per heavy atom. The number of carbonyl (C=O) groups excluding carboxylic acids is 1. The Morgan fingerprint density at radius 2 is 1.86 bits per heavy atom. The Labute approximate surface area is 223 Å². The minimum absolute atomic E-state index is 0.0149. The maximum Gasteiger partial charge on any atom is 0.317 e. The largest absolute Gasteiger partial charge is 0.465 e. The molecular formula is C33H43NO3. The summed E-state index contributed by atoms with van der Waals surface area (Å²) in [6.07, 6.45) is 6.10. The van der Waals surface area contributed by atoms with E-state index in [0.717, 1.165) is 51.8 Å². The number of hydrogen-bond acceptors (Lipinski definition) is 4. The third kappa shape index (κ3) is 5.03. The molecule has 4 nitrogen and oxygen atoms in total. The maximum absolute atomic E-state index is 14.2. The lowest BCUT2D eigenvalue weighted by Crippen LogP contribution is -2.66. The van der Waals surface area contributed by atoms with Gasteiger partial charge >= 0.3 is 5.97 Å². The lowest BCUT2D eigenvalue weighted by molar-refractivity contribution is -0.172. The van der Waals surface area contributed by atoms with Crippen molar-refractivity contribution in [2.45, 2.75) is 71.9 Å². The van der Waals surface area contributed by atoms with E-state index in [4.69, 9.17) is 9.47 Å². The van der Waals surface area contributed by atoms with E-state index in [1.807, 2.05) is 13.0 Å². The molecule has 0 amide bonds. The molecule has 2 aromatic rings. The number of esters is 1. The fraction of sp³-hybridized carbons (Fsp3) is 0.545. The van der Waals surface area contributed by atoms with E-state index in [0.29, 0.717) is 25.0 Å². The van der Waals surface area contributed by atoms with Crippen LogP contribution in [0.4, 0.5) is 0 Å². The van der Waals surface area contributed by atoms with Gasteiger partial charge in [-0.05, 0) is 85.6 Å². The minimum Gasteiger partial charge on any atom is -0.465 e. The van der Waals surface area contributed by atoms with Gasteiger partial charge in [-0.25, -0.2) is 0 Å². The second-order valence-electron chi connectivity index (χ2n) is 11.3. The monoisotopic (exact) mass is 501 g/mol. The SMILES string of the molecule is CCCC1=C(c2ccccc2C)CCN2C[C@H]3CC(CCOCc4ccccc4)C2C1(C(=O)OCC)C3. The summed E-state index contributed by atoms with van der Waals surface area (Å²) < 4.78 is 12.1. The highest BCUT2D eigenvalue weighted by molar-refractivity contribution is 5.87. The van der Waals surface area contributed by atoms with E-state index in [1.54, 1.807) is 0 Å². The summed E-state index contributed by atoms with van der Waals surface area (Å²) >= 11 is 0. The molecular weight excluding hydrogens is 458 g/mol. The van der Waals surface area contributed by atoms with Crippen LogP contribution in [0.15, 0.2) is 60.2 Å². The van der Waals surface area contributed by atoms with E-state index in [1.165, 1.54) is 34.3 Å². The predicted molar refractivity (Wildman–Crippen MR) is 149 cm³/mol. The molecule has 0 spiro atoms. The number of rotatable bonds is 10. The van der Waals surface area contributed by atoms with Crippen LogP contribution in [-0.2, 0) is 20.9 Å². The number of piperidine rings is 2. The zero-order chi connectivity index (χ0) is 25.8. The third-order valence-corrected chi connectivity index (χ3v) is 8.99. The van der Waals surface area contributed by atoms with Gasteiger partial charge in [0.2, 0.25) is 0 Å². The molecule has 2 aromatic carbocycles. The van der Waals surface area contributed by atoms with Gasteiger partial charge in [-0.1, -0.05) is 67.9 Å². The summed E-state index contributed by atoms with van der Waals surface area (Å²) in [5, 5.41) is 0. The van der Waals surface area contributed by atoms with Crippen LogP contribution in [0.25, 0.3) is 5.57 Å². The molecule has 3 fully saturated rings. The van der Waals surface area contributed by atoms with Gasteiger partial charge in [-0.3, -0.25) is 9.69 Å². The van der Waals surface area contributed by atoms with Gasteiger partial charge in [0.15, 0.2) is 0 Å². The fourth-order valence-corrected chi connectivity index (χ4v) is 7.72. The zero-order valence-electron chi connectivity index (χ0n) is 22.9. The van der Waals surface area contributed by atoms with Crippen LogP contribution < -0.4 is 0 Å². The molecule has 5 atom stereocenters. The summed E-state index contributed by atoms with van der Waals surface area (Å²) in [5.74, 6) is 0.980. The van der Waals surface area contributed by atoms with E-state index >= 15 is 0 Å². The highest BCUT2D eigenvalue weighted by atomic mass is 16.5. The van der Waals surface area contributed by atoms with Crippen molar-refractivity contribution in [3.8, 4) is 0 Å². The molecule has 4 bridgehead atoms. The first-order chi connectivity index (χ1) is 18.1. The highest BCUT2D eigenvalue weighted by Gasteiger charge is 2.62. The Balaban J connectivity index is 1.51. The third-order valence-electron chi connectivity index (χ3n) is 8.99. The van der Waals surface area contributed by atoms with Gasteiger partial charge in [0.25, 0.3) is 0 Å². The van der Waals surface area contributed by atoms with Crippen LogP contribution >= 0.6 is 0 Å². The Morgan fingerprint density at radius 3 is 2.62 bits per heavy atom. The lowest BCUT2D eigenvalue weighted by Gasteiger charge is -2.59. The van der Waals surface area contributed by atoms with Crippen LogP contribution in [0.3, 0.4) is 0 Å². The number of benzene rings is 2. The molecule has 2 saturated heterocycles. The van der Waals surface area contributed by atoms with Crippen molar-refractivity contribution in [2.75, 3.05) is 26.3 Å². The van der Waals surface area contributed by atoms with Crippen molar-refractivity contribution in [1.29, 1.82) is 0 Å². The topological polar surface area (TPSA) is 38.8 Å². The van der Waals surface area contributed by atoms with Gasteiger partial charge < -0.3 is 9.47 Å². The molecule has 4 heteroatoms. The molecule has 4 aliphatic rings. The second kappa shape index (κ2) is 11.5. The van der Waals surface area contributed by atoms with Crippen molar-refractivity contribution in [2.24, 2.45) is 17.3 Å². The average molecular weight is 502 g/mol. The van der Waals surface area contributed by atoms with E-state index in [9.17, 15) is 4.79 Å². The average Bonchev–Trinajstić information content (AvgIpc) is 3.01. The normalized spacial score (nSPS) is 28.7. The van der Waals surface area contributed by atoms with Crippen molar-refractivity contribution in [3.05, 3.63) is 76.9 Å². The lowest BCUT2D eigenvalue weighted by atomic mass is 9.54. The molecule has 6 rings (SSSR count). The standard InChI is InChI=1S/C33H43NO3/c1-4-11-30-29(28-15-10-9-12-24(28)3)16-18-34-22-26-20-27(17-19-36-23-25-13-7-6-8-14-25)31(34)33(30,21-26)32(35)37-5-2/h6-10,12-15,26-27,31H,4-5,11,16-23H2,1-3H3/t26-,27?,31?,33?/m0/s1. The number of carbonyl (C=O) groups is 1. The first-order valence-electron chi connectivity index (χ1n) is 14.4. The number of hydrogen-bond donors (Lipinski definition) is 0. The molecule has 1 saturated carbocycles. The van der Waals surface area contributed by atoms with Gasteiger partial charge in [-0.2, -0.15) is 0 Å². The number of ether oxygens (including phenoxy) is 2. The van der Waals surface area contributed by atoms with Gasteiger partial charge in [0.1, 0.15) is 5.41 Å². The molecule has 0 N–H and O–H groups in total. The summed E-state index contributed by atoms with van der Waals surface area (Å²) in [6.45, 7) is 10.3. The van der Waals surface area contributed by atoms with Gasteiger partial charge in [-0.15, -0.1) is 0 Å². The van der Waals surface area contributed by atoms with E-state index < -0.39 is 5.41 Å². The molecule has 4 unspecified atom stereocenters. The smallest absolute Gasteiger partial charge is 0.317 e. The van der Waals surface area contributed by atoms with Crippen LogP contribution in [0.5, 0.6) is 0 Å². The second-order valence-corrected chi connectivity index (χ2v) is 11.3. The molecule has 3 heterocycles. The molecule has 0 radical (unpaired) electrons. The van der Waals surface area contributed by atoms with E-state index in [-0.39, 0.29) is 12.0 Å². The Hall–Kier alpha value is -2.43. The Bertz CT molecular complexity index is 1110. The molecule has 0 aromatic heterocycles. The summed E-state index contributed by atoms with van der Waals surface area (Å²) in [7, 11) is 0. The van der Waals surface area contributed by atoms with Gasteiger partial charge in [0, 0.05) is 25.7 Å². The molecule has 37 heavy (non-hydrogen) atoms. The molecule has 198 valence electrons. The summed E-state index contributed by atoms with van der Waals surface area (Å²) in [4.78, 5) is 16.8. The minimum atomic E-state index is -0.550. The molecule has 3 aliphatic heterocycles. The number of aryl methyl sites for hydroxylation is 1. The van der Waals surface area contributed by atoms with Crippen molar-refractivity contribution >= 4 is 11.5 Å². The van der Waals surface area contributed by atoms with Crippen molar-refractivity contribution in [1.82, 2.24) is 4.90 Å². The van der Waals surface area contributed by atoms with Crippen LogP contribution in [0.2, 0.25) is 0 Å². The van der Waals surface area contributed by atoms with Crippen molar-refractivity contribution < 1.29 is 14.3 Å².